The summed E-state index contributed by atoms with van der Waals surface area (Å²) in [7, 11) is 0. The molecule has 0 bridgehead atoms. The second-order valence-corrected chi connectivity index (χ2v) is 5.76. The quantitative estimate of drug-likeness (QED) is 0.674. The van der Waals surface area contributed by atoms with Crippen LogP contribution < -0.4 is 0 Å². The summed E-state index contributed by atoms with van der Waals surface area (Å²) in [6.45, 7) is 5.43. The molecular weight excluding hydrogens is 313 g/mol. The van der Waals surface area contributed by atoms with E-state index in [1.54, 1.807) is 0 Å². The molecule has 1 aliphatic heterocycles. The maximum absolute atomic E-state index is 11.2. The zero-order chi connectivity index (χ0) is 14.1. The molecule has 4 nitrogen and oxygen atoms in total. The predicted octanol–water partition coefficient (Wildman–Crippen LogP) is 3.21. The molecule has 1 fully saturated rings. The van der Waals surface area contributed by atoms with E-state index in [1.807, 2.05) is 0 Å². The molecule has 1 aliphatic rings. The summed E-state index contributed by atoms with van der Waals surface area (Å²) in [5, 5.41) is 18.1. The topological polar surface area (TPSA) is 60.8 Å². The summed E-state index contributed by atoms with van der Waals surface area (Å²) in [5.41, 5.74) is 0. The van der Waals surface area contributed by atoms with E-state index in [-0.39, 0.29) is 30.7 Å². The molecule has 2 N–H and O–H groups in total. The molecule has 1 unspecified atom stereocenters. The van der Waals surface area contributed by atoms with Crippen LogP contribution in [-0.2, 0) is 4.79 Å². The molecule has 0 amide bonds. The molecule has 1 rings (SSSR count). The minimum atomic E-state index is -0.636. The van der Waals surface area contributed by atoms with E-state index < -0.39 is 5.97 Å². The van der Waals surface area contributed by atoms with E-state index in [1.165, 1.54) is 0 Å². The number of carbonyl (C=O) groups is 1. The van der Waals surface area contributed by atoms with E-state index in [9.17, 15) is 9.90 Å². The van der Waals surface area contributed by atoms with E-state index in [4.69, 9.17) is 5.11 Å². The summed E-state index contributed by atoms with van der Waals surface area (Å²) >= 11 is 0. The van der Waals surface area contributed by atoms with Crippen LogP contribution in [0.15, 0.2) is 0 Å². The van der Waals surface area contributed by atoms with Gasteiger partial charge in [-0.15, -0.1) is 24.8 Å². The lowest BCUT2D eigenvalue weighted by Gasteiger charge is -2.32. The van der Waals surface area contributed by atoms with Crippen molar-refractivity contribution in [2.24, 2.45) is 11.8 Å². The third kappa shape index (κ3) is 9.56. The number of rotatable bonds is 9. The molecule has 0 aromatic heterocycles. The van der Waals surface area contributed by atoms with Crippen LogP contribution in [0.5, 0.6) is 0 Å². The number of carboxylic acid groups (broad SMARTS) is 1. The molecule has 1 heterocycles. The summed E-state index contributed by atoms with van der Waals surface area (Å²) in [5.74, 6) is -0.143. The highest BCUT2D eigenvalue weighted by molar-refractivity contribution is 5.85. The van der Waals surface area contributed by atoms with Crippen molar-refractivity contribution in [3.05, 3.63) is 0 Å². The van der Waals surface area contributed by atoms with Crippen LogP contribution in [0.1, 0.15) is 51.9 Å². The highest BCUT2D eigenvalue weighted by Gasteiger charge is 2.21. The van der Waals surface area contributed by atoms with E-state index >= 15 is 0 Å². The van der Waals surface area contributed by atoms with E-state index in [2.05, 4.69) is 11.8 Å². The first kappa shape index (κ1) is 23.2. The van der Waals surface area contributed by atoms with Crippen molar-refractivity contribution in [1.82, 2.24) is 4.90 Å². The van der Waals surface area contributed by atoms with Crippen LogP contribution in [0.2, 0.25) is 0 Å². The third-order valence-electron chi connectivity index (χ3n) is 4.29. The van der Waals surface area contributed by atoms with Gasteiger partial charge >= 0.3 is 5.97 Å². The Labute approximate surface area is 141 Å². The Morgan fingerprint density at radius 3 is 2.33 bits per heavy atom. The summed E-state index contributed by atoms with van der Waals surface area (Å²) in [6.07, 6.45) is 6.88. The molecule has 0 aromatic rings. The van der Waals surface area contributed by atoms with Gasteiger partial charge in [-0.2, -0.15) is 0 Å². The number of carboxylic acids is 1. The number of nitrogens with zero attached hydrogens (tertiary/aromatic N) is 1. The normalized spacial score (nSPS) is 17.6. The van der Waals surface area contributed by atoms with E-state index in [0.29, 0.717) is 12.5 Å². The molecule has 128 valence electrons. The number of aliphatic hydroxyl groups is 1. The highest BCUT2D eigenvalue weighted by Crippen LogP contribution is 2.21. The molecule has 0 radical (unpaired) electrons. The number of hydrogen-bond donors (Lipinski definition) is 2. The Balaban J connectivity index is 0. The number of aliphatic hydroxyl groups excluding tert-OH is 1. The van der Waals surface area contributed by atoms with Crippen molar-refractivity contribution in [2.75, 3.05) is 26.2 Å². The van der Waals surface area contributed by atoms with Crippen molar-refractivity contribution in [3.63, 3.8) is 0 Å². The first-order valence-corrected chi connectivity index (χ1v) is 7.73. The number of hydrogen-bond acceptors (Lipinski definition) is 3. The van der Waals surface area contributed by atoms with Gasteiger partial charge in [-0.25, -0.2) is 0 Å². The van der Waals surface area contributed by atoms with Crippen LogP contribution in [-0.4, -0.2) is 47.3 Å². The van der Waals surface area contributed by atoms with E-state index in [0.717, 1.165) is 64.6 Å². The molecule has 0 spiro atoms. The van der Waals surface area contributed by atoms with Crippen LogP contribution in [0.25, 0.3) is 0 Å². The molecule has 0 saturated carbocycles. The van der Waals surface area contributed by atoms with Crippen LogP contribution in [0.3, 0.4) is 0 Å². The fourth-order valence-corrected chi connectivity index (χ4v) is 2.86. The number of aliphatic carboxylic acids is 1. The zero-order valence-electron chi connectivity index (χ0n) is 13.0. The lowest BCUT2D eigenvalue weighted by molar-refractivity contribution is -0.142. The van der Waals surface area contributed by atoms with Gasteiger partial charge in [0.15, 0.2) is 0 Å². The lowest BCUT2D eigenvalue weighted by Crippen LogP contribution is -2.36. The van der Waals surface area contributed by atoms with Crippen LogP contribution >= 0.6 is 24.8 Å². The number of halogens is 2. The van der Waals surface area contributed by atoms with Gasteiger partial charge in [0.05, 0.1) is 5.92 Å². The van der Waals surface area contributed by atoms with Gasteiger partial charge in [0, 0.05) is 6.61 Å². The molecule has 21 heavy (non-hydrogen) atoms. The van der Waals surface area contributed by atoms with Crippen LogP contribution in [0, 0.1) is 11.8 Å². The van der Waals surface area contributed by atoms with Gasteiger partial charge in [-0.3, -0.25) is 4.79 Å². The molecule has 1 saturated heterocycles. The molecular formula is C15H31Cl2NO3. The van der Waals surface area contributed by atoms with Crippen molar-refractivity contribution >= 4 is 30.8 Å². The number of likely N-dealkylation sites (tertiary alicyclic amines) is 1. The molecule has 6 heteroatoms. The Bertz CT molecular complexity index is 259. The zero-order valence-corrected chi connectivity index (χ0v) is 14.6. The summed E-state index contributed by atoms with van der Waals surface area (Å²) in [6, 6.07) is 0. The van der Waals surface area contributed by atoms with Crippen LogP contribution in [0.4, 0.5) is 0 Å². The summed E-state index contributed by atoms with van der Waals surface area (Å²) in [4.78, 5) is 13.6. The average Bonchev–Trinajstić information content (AvgIpc) is 2.40. The monoisotopic (exact) mass is 343 g/mol. The first-order valence-electron chi connectivity index (χ1n) is 7.73. The second-order valence-electron chi connectivity index (χ2n) is 5.76. The predicted molar refractivity (Wildman–Crippen MR) is 90.6 cm³/mol. The fraction of sp³-hybridized carbons (Fsp3) is 0.933. The average molecular weight is 344 g/mol. The third-order valence-corrected chi connectivity index (χ3v) is 4.29. The highest BCUT2D eigenvalue weighted by atomic mass is 35.5. The largest absolute Gasteiger partial charge is 0.481 e. The van der Waals surface area contributed by atoms with Gasteiger partial charge in [0.1, 0.15) is 0 Å². The fourth-order valence-electron chi connectivity index (χ4n) is 2.86. The minimum Gasteiger partial charge on any atom is -0.481 e. The Hall–Kier alpha value is -0.0300. The van der Waals surface area contributed by atoms with Crippen molar-refractivity contribution < 1.29 is 15.0 Å². The number of piperidine rings is 1. The standard InChI is InChI=1S/C15H29NO3.2ClH/c1-2-3-4-14(15(18)19)7-11-16-9-5-13(6-10-16)8-12-17;;/h13-14,17H,2-12H2,1H3,(H,18,19);2*1H. The Morgan fingerprint density at radius 2 is 1.86 bits per heavy atom. The molecule has 0 aliphatic carbocycles. The van der Waals surface area contributed by atoms with Gasteiger partial charge < -0.3 is 15.1 Å². The Morgan fingerprint density at radius 1 is 1.24 bits per heavy atom. The van der Waals surface area contributed by atoms with Crippen molar-refractivity contribution in [1.29, 1.82) is 0 Å². The summed E-state index contributed by atoms with van der Waals surface area (Å²) < 4.78 is 0. The van der Waals surface area contributed by atoms with Gasteiger partial charge in [-0.05, 0) is 57.7 Å². The molecule has 1 atom stereocenters. The lowest BCUT2D eigenvalue weighted by atomic mass is 9.93. The number of unbranched alkanes of at least 4 members (excludes halogenated alkanes) is 1. The second kappa shape index (κ2) is 13.6. The van der Waals surface area contributed by atoms with Crippen molar-refractivity contribution in [2.45, 2.75) is 51.9 Å². The SMILES string of the molecule is CCCCC(CCN1CCC(CCO)CC1)C(=O)O.Cl.Cl. The first-order chi connectivity index (χ1) is 9.17. The van der Waals surface area contributed by atoms with Gasteiger partial charge in [0.25, 0.3) is 0 Å². The smallest absolute Gasteiger partial charge is 0.306 e. The molecule has 0 aromatic carbocycles. The maximum atomic E-state index is 11.2. The van der Waals surface area contributed by atoms with Gasteiger partial charge in [0.2, 0.25) is 0 Å². The minimum absolute atomic E-state index is 0. The Kier molecular flexibility index (Phi) is 15.1. The van der Waals surface area contributed by atoms with Gasteiger partial charge in [-0.1, -0.05) is 19.8 Å². The van der Waals surface area contributed by atoms with Crippen molar-refractivity contribution in [3.8, 4) is 0 Å². The maximum Gasteiger partial charge on any atom is 0.306 e.